The van der Waals surface area contributed by atoms with E-state index in [2.05, 4.69) is 23.5 Å². The lowest BCUT2D eigenvalue weighted by Crippen LogP contribution is -1.86. The Morgan fingerprint density at radius 3 is 2.89 bits per heavy atom. The van der Waals surface area contributed by atoms with Crippen LogP contribution in [0.4, 0.5) is 5.88 Å². The van der Waals surface area contributed by atoms with E-state index in [0.29, 0.717) is 5.88 Å². The number of hydrogen-bond donors (Lipinski definition) is 1. The summed E-state index contributed by atoms with van der Waals surface area (Å²) in [7, 11) is 0. The van der Waals surface area contributed by atoms with E-state index in [1.165, 1.54) is 5.56 Å². The van der Waals surface area contributed by atoms with E-state index >= 15 is 0 Å². The van der Waals surface area contributed by atoms with Gasteiger partial charge >= 0.3 is 0 Å². The van der Waals surface area contributed by atoms with Gasteiger partial charge in [0.15, 0.2) is 0 Å². The molecule has 18 heavy (non-hydrogen) atoms. The minimum Gasteiger partial charge on any atom is -0.367 e. The van der Waals surface area contributed by atoms with Gasteiger partial charge < -0.3 is 10.3 Å². The molecule has 0 aromatic carbocycles. The van der Waals surface area contributed by atoms with Crippen LogP contribution in [0.25, 0.3) is 21.0 Å². The summed E-state index contributed by atoms with van der Waals surface area (Å²) in [6.45, 7) is 2.14. The standard InChI is InChI=1S/C13H12N2OS2/c1-2-8-5-7-18-12(8)11-10(13(14)16-15-11)9-4-3-6-17-9/h3-7H,2,14H2,1H3. The van der Waals surface area contributed by atoms with Gasteiger partial charge in [-0.1, -0.05) is 18.1 Å². The van der Waals surface area contributed by atoms with Crippen molar-refractivity contribution < 1.29 is 4.52 Å². The number of nitrogen functional groups attached to an aromatic ring is 1. The van der Waals surface area contributed by atoms with Crippen molar-refractivity contribution in [3.05, 3.63) is 34.5 Å². The van der Waals surface area contributed by atoms with Crippen molar-refractivity contribution in [2.45, 2.75) is 13.3 Å². The van der Waals surface area contributed by atoms with E-state index in [0.717, 1.165) is 27.4 Å². The number of hydrogen-bond acceptors (Lipinski definition) is 5. The molecule has 3 heterocycles. The molecular formula is C13H12N2OS2. The molecule has 0 radical (unpaired) electrons. The Morgan fingerprint density at radius 2 is 2.17 bits per heavy atom. The van der Waals surface area contributed by atoms with Gasteiger partial charge in [-0.2, -0.15) is 0 Å². The maximum absolute atomic E-state index is 5.91. The highest BCUT2D eigenvalue weighted by Crippen LogP contribution is 2.41. The normalized spacial score (nSPS) is 10.9. The van der Waals surface area contributed by atoms with Gasteiger partial charge in [0.1, 0.15) is 5.69 Å². The molecule has 0 fully saturated rings. The monoisotopic (exact) mass is 276 g/mol. The van der Waals surface area contributed by atoms with Crippen molar-refractivity contribution in [2.24, 2.45) is 0 Å². The Hall–Kier alpha value is -1.59. The number of anilines is 1. The number of nitrogens with zero attached hydrogens (tertiary/aromatic N) is 1. The number of nitrogens with two attached hydrogens (primary N) is 1. The van der Waals surface area contributed by atoms with Crippen LogP contribution >= 0.6 is 22.7 Å². The fourth-order valence-electron chi connectivity index (χ4n) is 1.94. The van der Waals surface area contributed by atoms with Gasteiger partial charge in [0.2, 0.25) is 5.88 Å². The molecule has 5 heteroatoms. The highest BCUT2D eigenvalue weighted by atomic mass is 32.1. The van der Waals surface area contributed by atoms with Gasteiger partial charge in [-0.3, -0.25) is 0 Å². The van der Waals surface area contributed by atoms with Crippen LogP contribution in [0.15, 0.2) is 33.5 Å². The van der Waals surface area contributed by atoms with Crippen LogP contribution in [0.1, 0.15) is 12.5 Å². The number of thiophene rings is 2. The second-order valence-corrected chi connectivity index (χ2v) is 5.74. The molecule has 3 rings (SSSR count). The lowest BCUT2D eigenvalue weighted by atomic mass is 10.1. The molecule has 0 aliphatic heterocycles. The molecule has 0 bridgehead atoms. The molecular weight excluding hydrogens is 264 g/mol. The first-order valence-corrected chi connectivity index (χ1v) is 7.43. The summed E-state index contributed by atoms with van der Waals surface area (Å²) in [5.74, 6) is 0.392. The summed E-state index contributed by atoms with van der Waals surface area (Å²) in [5.41, 5.74) is 8.98. The third-order valence-corrected chi connectivity index (χ3v) is 4.68. The Balaban J connectivity index is 2.20. The molecule has 0 saturated heterocycles. The lowest BCUT2D eigenvalue weighted by Gasteiger charge is -2.00. The number of aromatic nitrogens is 1. The third-order valence-electron chi connectivity index (χ3n) is 2.83. The second-order valence-electron chi connectivity index (χ2n) is 3.88. The average molecular weight is 276 g/mol. The second kappa shape index (κ2) is 4.59. The van der Waals surface area contributed by atoms with Crippen LogP contribution in [0.5, 0.6) is 0 Å². The zero-order valence-electron chi connectivity index (χ0n) is 9.84. The van der Waals surface area contributed by atoms with Crippen molar-refractivity contribution in [2.75, 3.05) is 5.73 Å². The summed E-state index contributed by atoms with van der Waals surface area (Å²) in [6, 6.07) is 6.17. The summed E-state index contributed by atoms with van der Waals surface area (Å²) < 4.78 is 5.18. The molecule has 2 N–H and O–H groups in total. The van der Waals surface area contributed by atoms with Crippen molar-refractivity contribution in [3.63, 3.8) is 0 Å². The minimum atomic E-state index is 0.392. The van der Waals surface area contributed by atoms with Crippen LogP contribution in [0.2, 0.25) is 0 Å². The molecule has 92 valence electrons. The van der Waals surface area contributed by atoms with E-state index in [1.54, 1.807) is 22.7 Å². The number of aryl methyl sites for hydroxylation is 1. The van der Waals surface area contributed by atoms with Crippen molar-refractivity contribution in [3.8, 4) is 21.0 Å². The Bertz CT molecular complexity index is 652. The van der Waals surface area contributed by atoms with Crippen LogP contribution in [-0.4, -0.2) is 5.16 Å². The largest absolute Gasteiger partial charge is 0.367 e. The average Bonchev–Trinajstić information content (AvgIpc) is 3.07. The quantitative estimate of drug-likeness (QED) is 0.777. The van der Waals surface area contributed by atoms with Crippen molar-refractivity contribution >= 4 is 28.6 Å². The Kier molecular flexibility index (Phi) is 2.93. The zero-order valence-corrected chi connectivity index (χ0v) is 11.5. The van der Waals surface area contributed by atoms with Crippen LogP contribution < -0.4 is 5.73 Å². The fourth-order valence-corrected chi connectivity index (χ4v) is 3.70. The zero-order chi connectivity index (χ0) is 12.5. The molecule has 3 nitrogen and oxygen atoms in total. The summed E-state index contributed by atoms with van der Waals surface area (Å²) >= 11 is 3.32. The van der Waals surface area contributed by atoms with E-state index in [9.17, 15) is 0 Å². The van der Waals surface area contributed by atoms with E-state index in [-0.39, 0.29) is 0 Å². The molecule has 0 amide bonds. The smallest absolute Gasteiger partial charge is 0.231 e. The van der Waals surface area contributed by atoms with E-state index < -0.39 is 0 Å². The van der Waals surface area contributed by atoms with E-state index in [1.807, 2.05) is 17.5 Å². The maximum Gasteiger partial charge on any atom is 0.231 e. The van der Waals surface area contributed by atoms with Gasteiger partial charge in [0.25, 0.3) is 0 Å². The molecule has 0 saturated carbocycles. The molecule has 0 atom stereocenters. The molecule has 0 unspecified atom stereocenters. The predicted octanol–water partition coefficient (Wildman–Crippen LogP) is 4.28. The topological polar surface area (TPSA) is 52.0 Å². The van der Waals surface area contributed by atoms with Gasteiger partial charge in [0, 0.05) is 4.88 Å². The first-order chi connectivity index (χ1) is 8.81. The summed E-state index contributed by atoms with van der Waals surface area (Å²) in [5, 5.41) is 8.25. The summed E-state index contributed by atoms with van der Waals surface area (Å²) in [4.78, 5) is 2.25. The first kappa shape index (κ1) is 11.5. The molecule has 0 aliphatic carbocycles. The van der Waals surface area contributed by atoms with Crippen LogP contribution in [-0.2, 0) is 6.42 Å². The minimum absolute atomic E-state index is 0.392. The Labute approximate surface area is 113 Å². The maximum atomic E-state index is 5.91. The van der Waals surface area contributed by atoms with Crippen LogP contribution in [0.3, 0.4) is 0 Å². The number of rotatable bonds is 3. The SMILES string of the molecule is CCc1ccsc1-c1noc(N)c1-c1cccs1. The van der Waals surface area contributed by atoms with Gasteiger partial charge in [-0.15, -0.1) is 22.7 Å². The highest BCUT2D eigenvalue weighted by molar-refractivity contribution is 7.14. The molecule has 3 aromatic rings. The lowest BCUT2D eigenvalue weighted by molar-refractivity contribution is 0.439. The van der Waals surface area contributed by atoms with E-state index in [4.69, 9.17) is 10.3 Å². The first-order valence-electron chi connectivity index (χ1n) is 5.67. The molecule has 0 aliphatic rings. The van der Waals surface area contributed by atoms with Crippen LogP contribution in [0, 0.1) is 0 Å². The van der Waals surface area contributed by atoms with Gasteiger partial charge in [-0.25, -0.2) is 0 Å². The highest BCUT2D eigenvalue weighted by Gasteiger charge is 2.20. The van der Waals surface area contributed by atoms with Gasteiger partial charge in [-0.05, 0) is 34.9 Å². The molecule has 3 aromatic heterocycles. The Morgan fingerprint density at radius 1 is 1.28 bits per heavy atom. The summed E-state index contributed by atoms with van der Waals surface area (Å²) in [6.07, 6.45) is 0.982. The van der Waals surface area contributed by atoms with Gasteiger partial charge in [0.05, 0.1) is 10.4 Å². The third kappa shape index (κ3) is 1.76. The van der Waals surface area contributed by atoms with Crippen molar-refractivity contribution in [1.82, 2.24) is 5.16 Å². The van der Waals surface area contributed by atoms with Crippen molar-refractivity contribution in [1.29, 1.82) is 0 Å². The molecule has 0 spiro atoms. The fraction of sp³-hybridized carbons (Fsp3) is 0.154. The predicted molar refractivity (Wildman–Crippen MR) is 76.9 cm³/mol.